The maximum Gasteiger partial charge on any atom is 0.336 e. The highest BCUT2D eigenvalue weighted by molar-refractivity contribution is 7.00. The Morgan fingerprint density at radius 3 is 2.11 bits per heavy atom. The SMILES string of the molecule is CC(C)Oc1ccc(C(=O)/C(Cc2ccc(C(C)(C)C)cc2)=C(/C(=O)O)c2ccc3nsnc3c2)cc1. The number of fused-ring (bicyclic) bond motifs is 1. The van der Waals surface area contributed by atoms with Crippen LogP contribution in [0.2, 0.25) is 0 Å². The van der Waals surface area contributed by atoms with Gasteiger partial charge in [-0.3, -0.25) is 4.79 Å². The minimum atomic E-state index is -1.17. The second-order valence-electron chi connectivity index (χ2n) is 10.3. The molecule has 7 heteroatoms. The molecule has 0 bridgehead atoms. The van der Waals surface area contributed by atoms with E-state index in [1.165, 1.54) is 0 Å². The van der Waals surface area contributed by atoms with Gasteiger partial charge in [-0.1, -0.05) is 51.1 Å². The normalized spacial score (nSPS) is 12.5. The Morgan fingerprint density at radius 2 is 1.51 bits per heavy atom. The van der Waals surface area contributed by atoms with Crippen LogP contribution in [0, 0.1) is 0 Å². The Balaban J connectivity index is 1.82. The number of rotatable bonds is 8. The summed E-state index contributed by atoms with van der Waals surface area (Å²) < 4.78 is 14.2. The number of carbonyl (C=O) groups excluding carboxylic acids is 1. The molecule has 0 aliphatic heterocycles. The van der Waals surface area contributed by atoms with Crippen molar-refractivity contribution in [3.8, 4) is 5.75 Å². The summed E-state index contributed by atoms with van der Waals surface area (Å²) in [4.78, 5) is 26.5. The van der Waals surface area contributed by atoms with Gasteiger partial charge in [-0.15, -0.1) is 0 Å². The van der Waals surface area contributed by atoms with E-state index in [-0.39, 0.29) is 34.9 Å². The summed E-state index contributed by atoms with van der Waals surface area (Å²) in [6.07, 6.45) is 0.171. The third-order valence-electron chi connectivity index (χ3n) is 6.02. The van der Waals surface area contributed by atoms with Gasteiger partial charge in [0.25, 0.3) is 0 Å². The van der Waals surface area contributed by atoms with Crippen molar-refractivity contribution in [3.63, 3.8) is 0 Å². The molecule has 0 saturated heterocycles. The van der Waals surface area contributed by atoms with Gasteiger partial charge in [-0.2, -0.15) is 8.75 Å². The molecular weight excluding hydrogens is 484 g/mol. The van der Waals surface area contributed by atoms with Crippen molar-refractivity contribution in [2.45, 2.75) is 52.6 Å². The Morgan fingerprint density at radius 1 is 0.892 bits per heavy atom. The number of carboxylic acids is 1. The van der Waals surface area contributed by atoms with E-state index < -0.39 is 5.97 Å². The van der Waals surface area contributed by atoms with Crippen molar-refractivity contribution in [1.82, 2.24) is 8.75 Å². The Labute approximate surface area is 221 Å². The molecule has 0 saturated carbocycles. The molecule has 0 radical (unpaired) electrons. The minimum absolute atomic E-state index is 0.00168. The topological polar surface area (TPSA) is 89.4 Å². The number of carboxylic acid groups (broad SMARTS) is 1. The van der Waals surface area contributed by atoms with Gasteiger partial charge in [0.05, 0.1) is 23.4 Å². The van der Waals surface area contributed by atoms with Crippen LogP contribution in [0.25, 0.3) is 16.6 Å². The predicted octanol–water partition coefficient (Wildman–Crippen LogP) is 6.74. The summed E-state index contributed by atoms with van der Waals surface area (Å²) in [5.74, 6) is -0.864. The summed E-state index contributed by atoms with van der Waals surface area (Å²) >= 11 is 1.06. The Hall–Kier alpha value is -3.84. The number of benzene rings is 3. The maximum absolute atomic E-state index is 13.9. The highest BCUT2D eigenvalue weighted by atomic mass is 32.1. The number of ether oxygens (including phenoxy) is 1. The molecule has 190 valence electrons. The molecule has 0 amide bonds. The highest BCUT2D eigenvalue weighted by Gasteiger charge is 2.25. The number of nitrogens with zero attached hydrogens (tertiary/aromatic N) is 2. The smallest absolute Gasteiger partial charge is 0.336 e. The molecule has 0 spiro atoms. The van der Waals surface area contributed by atoms with E-state index in [2.05, 4.69) is 29.5 Å². The first-order valence-corrected chi connectivity index (χ1v) is 12.9. The number of aromatic nitrogens is 2. The van der Waals surface area contributed by atoms with Crippen molar-refractivity contribution in [1.29, 1.82) is 0 Å². The number of hydrogen-bond acceptors (Lipinski definition) is 6. The summed E-state index contributed by atoms with van der Waals surface area (Å²) in [5, 5.41) is 10.3. The van der Waals surface area contributed by atoms with E-state index >= 15 is 0 Å². The number of hydrogen-bond donors (Lipinski definition) is 1. The molecule has 0 fully saturated rings. The standard InChI is InChI=1S/C30H30N2O4S/c1-18(2)36-23-13-8-20(9-14-23)28(33)24(16-19-6-11-22(12-7-19)30(3,4)5)27(29(34)35)21-10-15-25-26(17-21)32-37-31-25/h6-15,17-18H,16H2,1-5H3,(H,34,35)/b27-24+. The van der Waals surface area contributed by atoms with Crippen LogP contribution >= 0.6 is 11.7 Å². The lowest BCUT2D eigenvalue weighted by Crippen LogP contribution is -2.15. The minimum Gasteiger partial charge on any atom is -0.491 e. The molecule has 0 aliphatic rings. The van der Waals surface area contributed by atoms with Crippen LogP contribution < -0.4 is 4.74 Å². The molecule has 3 aromatic carbocycles. The van der Waals surface area contributed by atoms with Crippen LogP contribution in [-0.4, -0.2) is 31.7 Å². The fourth-order valence-corrected chi connectivity index (χ4v) is 4.62. The monoisotopic (exact) mass is 514 g/mol. The number of aliphatic carboxylic acids is 1. The van der Waals surface area contributed by atoms with Gasteiger partial charge in [-0.25, -0.2) is 4.79 Å². The summed E-state index contributed by atoms with van der Waals surface area (Å²) in [6.45, 7) is 10.3. The van der Waals surface area contributed by atoms with Gasteiger partial charge in [0.15, 0.2) is 5.78 Å². The van der Waals surface area contributed by atoms with E-state index in [9.17, 15) is 14.7 Å². The number of allylic oxidation sites excluding steroid dienone is 1. The van der Waals surface area contributed by atoms with Crippen LogP contribution in [-0.2, 0) is 16.6 Å². The van der Waals surface area contributed by atoms with Gasteiger partial charge in [0, 0.05) is 17.6 Å². The lowest BCUT2D eigenvalue weighted by atomic mass is 9.85. The van der Waals surface area contributed by atoms with Crippen LogP contribution in [0.5, 0.6) is 5.75 Å². The lowest BCUT2D eigenvalue weighted by Gasteiger charge is -2.19. The summed E-state index contributed by atoms with van der Waals surface area (Å²) in [6, 6.07) is 19.9. The van der Waals surface area contributed by atoms with Gasteiger partial charge in [-0.05, 0) is 72.4 Å². The largest absolute Gasteiger partial charge is 0.491 e. The zero-order valence-corrected chi connectivity index (χ0v) is 22.4. The molecule has 0 unspecified atom stereocenters. The van der Waals surface area contributed by atoms with Gasteiger partial charge in [0.1, 0.15) is 16.8 Å². The zero-order chi connectivity index (χ0) is 26.7. The number of carbonyl (C=O) groups is 2. The first-order valence-electron chi connectivity index (χ1n) is 12.1. The number of Topliss-reactive ketones (excluding diaryl/α,β-unsaturated/α-hetero) is 1. The molecule has 0 aliphatic carbocycles. The van der Waals surface area contributed by atoms with Crippen LogP contribution in [0.15, 0.2) is 72.3 Å². The van der Waals surface area contributed by atoms with Crippen LogP contribution in [0.4, 0.5) is 0 Å². The Kier molecular flexibility index (Phi) is 7.55. The second kappa shape index (κ2) is 10.6. The van der Waals surface area contributed by atoms with E-state index in [4.69, 9.17) is 4.74 Å². The molecule has 1 heterocycles. The third-order valence-corrected chi connectivity index (χ3v) is 6.58. The molecule has 1 N–H and O–H groups in total. The maximum atomic E-state index is 13.9. The highest BCUT2D eigenvalue weighted by Crippen LogP contribution is 2.29. The Bertz CT molecular complexity index is 1460. The van der Waals surface area contributed by atoms with Crippen LogP contribution in [0.3, 0.4) is 0 Å². The third kappa shape index (κ3) is 6.12. The number of ketones is 1. The summed E-state index contributed by atoms with van der Waals surface area (Å²) in [5.41, 5.74) is 4.26. The molecule has 37 heavy (non-hydrogen) atoms. The average Bonchev–Trinajstić information content (AvgIpc) is 3.31. The average molecular weight is 515 g/mol. The van der Waals surface area contributed by atoms with E-state index in [1.807, 2.05) is 38.1 Å². The molecule has 1 aromatic heterocycles. The zero-order valence-electron chi connectivity index (χ0n) is 21.6. The van der Waals surface area contributed by atoms with Crippen molar-refractivity contribution >= 4 is 40.1 Å². The first-order chi connectivity index (χ1) is 17.5. The fourth-order valence-electron chi connectivity index (χ4n) is 4.10. The van der Waals surface area contributed by atoms with Crippen molar-refractivity contribution in [3.05, 3.63) is 94.6 Å². The van der Waals surface area contributed by atoms with Gasteiger partial charge < -0.3 is 9.84 Å². The summed E-state index contributed by atoms with van der Waals surface area (Å²) in [7, 11) is 0. The van der Waals surface area contributed by atoms with Gasteiger partial charge in [0.2, 0.25) is 0 Å². The van der Waals surface area contributed by atoms with Gasteiger partial charge >= 0.3 is 5.97 Å². The molecule has 6 nitrogen and oxygen atoms in total. The van der Waals surface area contributed by atoms with E-state index in [0.29, 0.717) is 27.9 Å². The van der Waals surface area contributed by atoms with Crippen molar-refractivity contribution in [2.24, 2.45) is 0 Å². The van der Waals surface area contributed by atoms with Crippen molar-refractivity contribution < 1.29 is 19.4 Å². The predicted molar refractivity (Wildman–Crippen MR) is 147 cm³/mol. The molecule has 4 rings (SSSR count). The second-order valence-corrected chi connectivity index (χ2v) is 10.8. The quantitative estimate of drug-likeness (QED) is 0.207. The van der Waals surface area contributed by atoms with Crippen LogP contribution in [0.1, 0.15) is 61.7 Å². The lowest BCUT2D eigenvalue weighted by molar-refractivity contribution is -0.130. The fraction of sp³-hybridized carbons (Fsp3) is 0.267. The molecule has 4 aromatic rings. The van der Waals surface area contributed by atoms with E-state index in [0.717, 1.165) is 22.9 Å². The first kappa shape index (κ1) is 26.2. The molecular formula is C30H30N2O4S. The van der Waals surface area contributed by atoms with E-state index in [1.54, 1.807) is 42.5 Å². The van der Waals surface area contributed by atoms with Crippen molar-refractivity contribution in [2.75, 3.05) is 0 Å². The molecule has 0 atom stereocenters.